The number of aryl methyl sites for hydroxylation is 1. The Kier molecular flexibility index (Phi) is 3.63. The van der Waals surface area contributed by atoms with E-state index in [4.69, 9.17) is 9.26 Å². The molecule has 0 saturated carbocycles. The number of aromatic nitrogens is 2. The molecule has 1 aliphatic rings. The molecular formula is C13H14N4O4. The van der Waals surface area contributed by atoms with Gasteiger partial charge in [0.25, 0.3) is 11.6 Å². The summed E-state index contributed by atoms with van der Waals surface area (Å²) in [5.74, 6) is 0.712. The Morgan fingerprint density at radius 1 is 1.48 bits per heavy atom. The number of nitro benzene ring substituents is 1. The highest BCUT2D eigenvalue weighted by Crippen LogP contribution is 2.27. The third-order valence-corrected chi connectivity index (χ3v) is 3.32. The van der Waals surface area contributed by atoms with Crippen LogP contribution in [0.15, 0.2) is 22.7 Å². The Morgan fingerprint density at radius 3 is 3.05 bits per heavy atom. The number of nitrogens with zero attached hydrogens (tertiary/aromatic N) is 3. The fourth-order valence-corrected chi connectivity index (χ4v) is 2.16. The van der Waals surface area contributed by atoms with Crippen LogP contribution in [0.2, 0.25) is 0 Å². The summed E-state index contributed by atoms with van der Waals surface area (Å²) in [7, 11) is 0. The maximum absolute atomic E-state index is 10.9. The molecule has 0 radical (unpaired) electrons. The Balaban J connectivity index is 1.92. The van der Waals surface area contributed by atoms with Crippen LogP contribution in [0, 0.1) is 17.0 Å². The van der Waals surface area contributed by atoms with Crippen molar-refractivity contribution in [2.24, 2.45) is 0 Å². The predicted octanol–water partition coefficient (Wildman–Crippen LogP) is 1.61. The number of hydrogen-bond acceptors (Lipinski definition) is 7. The molecule has 0 amide bonds. The summed E-state index contributed by atoms with van der Waals surface area (Å²) in [4.78, 5) is 14.7. The highest BCUT2D eigenvalue weighted by Gasteiger charge is 2.23. The van der Waals surface area contributed by atoms with E-state index in [2.05, 4.69) is 15.5 Å². The average Bonchev–Trinajstić information content (AvgIpc) is 2.98. The van der Waals surface area contributed by atoms with Gasteiger partial charge in [-0.15, -0.1) is 0 Å². The summed E-state index contributed by atoms with van der Waals surface area (Å²) >= 11 is 0. The molecule has 1 aromatic carbocycles. The number of morpholine rings is 1. The van der Waals surface area contributed by atoms with E-state index in [1.54, 1.807) is 6.07 Å². The van der Waals surface area contributed by atoms with E-state index >= 15 is 0 Å². The molecule has 0 bridgehead atoms. The number of non-ortho nitro benzene ring substituents is 1. The van der Waals surface area contributed by atoms with E-state index in [-0.39, 0.29) is 17.7 Å². The lowest BCUT2D eigenvalue weighted by atomic mass is 10.1. The molecule has 1 unspecified atom stereocenters. The van der Waals surface area contributed by atoms with Crippen LogP contribution in [0.1, 0.15) is 17.5 Å². The van der Waals surface area contributed by atoms with Crippen LogP contribution < -0.4 is 5.32 Å². The first-order valence-corrected chi connectivity index (χ1v) is 6.56. The van der Waals surface area contributed by atoms with Crippen LogP contribution in [0.25, 0.3) is 11.5 Å². The van der Waals surface area contributed by atoms with Crippen LogP contribution in [-0.2, 0) is 4.74 Å². The SMILES string of the molecule is Cc1ccc([N+](=O)[O-])cc1-c1nc(C2CNCCO2)no1. The molecule has 21 heavy (non-hydrogen) atoms. The van der Waals surface area contributed by atoms with Gasteiger partial charge < -0.3 is 14.6 Å². The van der Waals surface area contributed by atoms with Crippen molar-refractivity contribution >= 4 is 5.69 Å². The molecular weight excluding hydrogens is 276 g/mol. The quantitative estimate of drug-likeness (QED) is 0.676. The second-order valence-electron chi connectivity index (χ2n) is 4.78. The molecule has 1 atom stereocenters. The molecule has 3 rings (SSSR count). The predicted molar refractivity (Wildman–Crippen MR) is 72.7 cm³/mol. The minimum absolute atomic E-state index is 0.00840. The molecule has 1 saturated heterocycles. The number of nitrogens with one attached hydrogen (secondary N) is 1. The Bertz CT molecular complexity index is 664. The smallest absolute Gasteiger partial charge is 0.270 e. The van der Waals surface area contributed by atoms with Crippen molar-refractivity contribution in [2.45, 2.75) is 13.0 Å². The number of hydrogen-bond donors (Lipinski definition) is 1. The zero-order chi connectivity index (χ0) is 14.8. The molecule has 2 aromatic rings. The van der Waals surface area contributed by atoms with Gasteiger partial charge in [-0.2, -0.15) is 4.98 Å². The molecule has 0 spiro atoms. The van der Waals surface area contributed by atoms with Crippen molar-refractivity contribution in [3.8, 4) is 11.5 Å². The lowest BCUT2D eigenvalue weighted by Crippen LogP contribution is -2.33. The minimum Gasteiger partial charge on any atom is -0.367 e. The second-order valence-corrected chi connectivity index (χ2v) is 4.78. The molecule has 0 aliphatic carbocycles. The lowest BCUT2D eigenvalue weighted by molar-refractivity contribution is -0.384. The van der Waals surface area contributed by atoms with Crippen molar-refractivity contribution in [3.63, 3.8) is 0 Å². The zero-order valence-corrected chi connectivity index (χ0v) is 11.4. The van der Waals surface area contributed by atoms with Gasteiger partial charge in [0.05, 0.1) is 11.5 Å². The van der Waals surface area contributed by atoms with Gasteiger partial charge in [-0.25, -0.2) is 0 Å². The Morgan fingerprint density at radius 2 is 2.33 bits per heavy atom. The second kappa shape index (κ2) is 5.58. The average molecular weight is 290 g/mol. The van der Waals surface area contributed by atoms with E-state index in [1.165, 1.54) is 12.1 Å². The summed E-state index contributed by atoms with van der Waals surface area (Å²) in [5, 5.41) is 18.0. The molecule has 1 N–H and O–H groups in total. The van der Waals surface area contributed by atoms with Crippen LogP contribution >= 0.6 is 0 Å². The number of benzene rings is 1. The van der Waals surface area contributed by atoms with Gasteiger partial charge >= 0.3 is 0 Å². The third kappa shape index (κ3) is 2.76. The number of rotatable bonds is 3. The topological polar surface area (TPSA) is 103 Å². The standard InChI is InChI=1S/C13H14N4O4/c1-8-2-3-9(17(18)19)6-10(8)13-15-12(16-21-13)11-7-14-4-5-20-11/h2-3,6,11,14H,4-5,7H2,1H3. The minimum atomic E-state index is -0.450. The number of ether oxygens (including phenoxy) is 1. The molecule has 1 aliphatic heterocycles. The molecule has 8 nitrogen and oxygen atoms in total. The summed E-state index contributed by atoms with van der Waals surface area (Å²) in [6.45, 7) is 3.84. The van der Waals surface area contributed by atoms with E-state index in [0.29, 0.717) is 24.5 Å². The van der Waals surface area contributed by atoms with Crippen LogP contribution in [0.5, 0.6) is 0 Å². The van der Waals surface area contributed by atoms with E-state index in [0.717, 1.165) is 12.1 Å². The van der Waals surface area contributed by atoms with Gasteiger partial charge in [-0.05, 0) is 12.5 Å². The maximum atomic E-state index is 10.9. The van der Waals surface area contributed by atoms with Crippen LogP contribution in [0.4, 0.5) is 5.69 Å². The fraction of sp³-hybridized carbons (Fsp3) is 0.385. The van der Waals surface area contributed by atoms with Crippen molar-refractivity contribution in [1.29, 1.82) is 0 Å². The normalized spacial score (nSPS) is 18.6. The summed E-state index contributed by atoms with van der Waals surface area (Å²) < 4.78 is 10.8. The van der Waals surface area contributed by atoms with Gasteiger partial charge in [-0.3, -0.25) is 10.1 Å². The third-order valence-electron chi connectivity index (χ3n) is 3.32. The van der Waals surface area contributed by atoms with Gasteiger partial charge in [-0.1, -0.05) is 11.2 Å². The first-order chi connectivity index (χ1) is 10.1. The Hall–Kier alpha value is -2.32. The van der Waals surface area contributed by atoms with E-state index < -0.39 is 4.92 Å². The molecule has 2 heterocycles. The van der Waals surface area contributed by atoms with Crippen molar-refractivity contribution in [3.05, 3.63) is 39.7 Å². The highest BCUT2D eigenvalue weighted by molar-refractivity contribution is 5.62. The van der Waals surface area contributed by atoms with Gasteiger partial charge in [0.2, 0.25) is 5.82 Å². The summed E-state index contributed by atoms with van der Waals surface area (Å²) in [6.07, 6.45) is -0.254. The highest BCUT2D eigenvalue weighted by atomic mass is 16.6. The lowest BCUT2D eigenvalue weighted by Gasteiger charge is -2.20. The van der Waals surface area contributed by atoms with E-state index in [9.17, 15) is 10.1 Å². The van der Waals surface area contributed by atoms with Crippen molar-refractivity contribution in [2.75, 3.05) is 19.7 Å². The fourth-order valence-electron chi connectivity index (χ4n) is 2.16. The van der Waals surface area contributed by atoms with Crippen molar-refractivity contribution < 1.29 is 14.2 Å². The van der Waals surface area contributed by atoms with Crippen LogP contribution in [0.3, 0.4) is 0 Å². The summed E-state index contributed by atoms with van der Waals surface area (Å²) in [6, 6.07) is 4.55. The molecule has 110 valence electrons. The largest absolute Gasteiger partial charge is 0.367 e. The Labute approximate surface area is 120 Å². The van der Waals surface area contributed by atoms with Crippen molar-refractivity contribution in [1.82, 2.24) is 15.5 Å². The van der Waals surface area contributed by atoms with Gasteiger partial charge in [0, 0.05) is 30.8 Å². The molecule has 1 fully saturated rings. The van der Waals surface area contributed by atoms with Gasteiger partial charge in [0.15, 0.2) is 0 Å². The first-order valence-electron chi connectivity index (χ1n) is 6.56. The molecule has 1 aromatic heterocycles. The zero-order valence-electron chi connectivity index (χ0n) is 11.4. The van der Waals surface area contributed by atoms with Gasteiger partial charge in [0.1, 0.15) is 6.10 Å². The maximum Gasteiger partial charge on any atom is 0.270 e. The first kappa shape index (κ1) is 13.7. The molecule has 8 heteroatoms. The van der Waals surface area contributed by atoms with Crippen LogP contribution in [-0.4, -0.2) is 34.8 Å². The number of nitro groups is 1. The summed E-state index contributed by atoms with van der Waals surface area (Å²) in [5.41, 5.74) is 1.39. The van der Waals surface area contributed by atoms with E-state index in [1.807, 2.05) is 6.92 Å². The monoisotopic (exact) mass is 290 g/mol.